The van der Waals surface area contributed by atoms with Crippen LogP contribution in [0.3, 0.4) is 0 Å². The van der Waals surface area contributed by atoms with Crippen molar-refractivity contribution in [3.63, 3.8) is 0 Å². The maximum atomic E-state index is 13.2. The van der Waals surface area contributed by atoms with Crippen molar-refractivity contribution in [3.05, 3.63) is 76.1 Å². The molecule has 0 radical (unpaired) electrons. The van der Waals surface area contributed by atoms with Crippen LogP contribution in [-0.4, -0.2) is 29.1 Å². The number of carbonyl (C=O) groups excluding carboxylic acids is 1. The number of sulfonamides is 1. The second-order valence-corrected chi connectivity index (χ2v) is 8.71. The van der Waals surface area contributed by atoms with Gasteiger partial charge in [0.25, 0.3) is 5.91 Å². The SMILES string of the molecule is Cc1cc(CNC(=O)c2ccc(CNS(=O)(=O)c3ccc(F)c(Cl)c3)cn2)n(C)n1. The minimum atomic E-state index is -3.88. The standard InChI is InChI=1S/C19H19ClFN5O3S/c1-12-7-14(26(2)25-12)11-23-19(27)18-6-3-13(9-22-18)10-24-30(28,29)15-4-5-17(21)16(20)8-15/h3-9,24H,10-11H2,1-2H3,(H,23,27). The van der Waals surface area contributed by atoms with Gasteiger partial charge >= 0.3 is 0 Å². The molecule has 0 saturated carbocycles. The molecule has 0 unspecified atom stereocenters. The highest BCUT2D eigenvalue weighted by Crippen LogP contribution is 2.19. The van der Waals surface area contributed by atoms with Gasteiger partial charge in [-0.1, -0.05) is 17.7 Å². The van der Waals surface area contributed by atoms with Crippen molar-refractivity contribution >= 4 is 27.5 Å². The first kappa shape index (κ1) is 21.9. The molecule has 0 aliphatic rings. The van der Waals surface area contributed by atoms with Crippen LogP contribution in [0.4, 0.5) is 4.39 Å². The zero-order valence-corrected chi connectivity index (χ0v) is 17.8. The molecule has 1 aromatic carbocycles. The van der Waals surface area contributed by atoms with E-state index in [1.807, 2.05) is 13.0 Å². The predicted molar refractivity (Wildman–Crippen MR) is 109 cm³/mol. The summed E-state index contributed by atoms with van der Waals surface area (Å²) < 4.78 is 41.9. The summed E-state index contributed by atoms with van der Waals surface area (Å²) in [5.41, 5.74) is 2.46. The second kappa shape index (κ2) is 8.90. The van der Waals surface area contributed by atoms with Crippen molar-refractivity contribution in [2.75, 3.05) is 0 Å². The lowest BCUT2D eigenvalue weighted by Gasteiger charge is -2.08. The zero-order chi connectivity index (χ0) is 21.9. The summed E-state index contributed by atoms with van der Waals surface area (Å²) in [6.45, 7) is 2.12. The van der Waals surface area contributed by atoms with Gasteiger partial charge in [-0.2, -0.15) is 5.10 Å². The zero-order valence-electron chi connectivity index (χ0n) is 16.2. The molecule has 0 aliphatic carbocycles. The third-order valence-electron chi connectivity index (χ3n) is 4.25. The molecule has 8 nitrogen and oxygen atoms in total. The van der Waals surface area contributed by atoms with E-state index in [9.17, 15) is 17.6 Å². The molecule has 11 heteroatoms. The van der Waals surface area contributed by atoms with Gasteiger partial charge in [0.15, 0.2) is 0 Å². The molecule has 30 heavy (non-hydrogen) atoms. The Morgan fingerprint density at radius 3 is 2.57 bits per heavy atom. The van der Waals surface area contributed by atoms with E-state index < -0.39 is 15.8 Å². The predicted octanol–water partition coefficient (Wildman–Crippen LogP) is 2.32. The van der Waals surface area contributed by atoms with Crippen LogP contribution in [0.15, 0.2) is 47.5 Å². The summed E-state index contributed by atoms with van der Waals surface area (Å²) in [5.74, 6) is -1.06. The summed E-state index contributed by atoms with van der Waals surface area (Å²) in [6.07, 6.45) is 1.41. The summed E-state index contributed by atoms with van der Waals surface area (Å²) >= 11 is 5.64. The molecule has 0 atom stereocenters. The van der Waals surface area contributed by atoms with E-state index in [4.69, 9.17) is 11.6 Å². The van der Waals surface area contributed by atoms with E-state index in [1.165, 1.54) is 12.3 Å². The smallest absolute Gasteiger partial charge is 0.270 e. The van der Waals surface area contributed by atoms with Crippen LogP contribution in [0.2, 0.25) is 5.02 Å². The summed E-state index contributed by atoms with van der Waals surface area (Å²) in [5, 5.41) is 6.69. The summed E-state index contributed by atoms with van der Waals surface area (Å²) in [7, 11) is -2.09. The van der Waals surface area contributed by atoms with Gasteiger partial charge in [-0.3, -0.25) is 14.5 Å². The number of aromatic nitrogens is 3. The average molecular weight is 452 g/mol. The first-order valence-electron chi connectivity index (χ1n) is 8.83. The van der Waals surface area contributed by atoms with Crippen LogP contribution in [-0.2, 0) is 30.2 Å². The molecular formula is C19H19ClFN5O3S. The second-order valence-electron chi connectivity index (χ2n) is 6.54. The van der Waals surface area contributed by atoms with Crippen LogP contribution in [0.25, 0.3) is 0 Å². The summed E-state index contributed by atoms with van der Waals surface area (Å²) in [6, 6.07) is 8.11. The van der Waals surface area contributed by atoms with Crippen LogP contribution >= 0.6 is 11.6 Å². The quantitative estimate of drug-likeness (QED) is 0.573. The van der Waals surface area contributed by atoms with Gasteiger partial charge in [0.1, 0.15) is 11.5 Å². The van der Waals surface area contributed by atoms with Gasteiger partial charge in [0.05, 0.1) is 27.9 Å². The number of aryl methyl sites for hydroxylation is 2. The Morgan fingerprint density at radius 2 is 1.97 bits per heavy atom. The maximum absolute atomic E-state index is 13.2. The Balaban J connectivity index is 1.59. The Bertz CT molecular complexity index is 1180. The molecule has 2 heterocycles. The van der Waals surface area contributed by atoms with E-state index in [1.54, 1.807) is 17.8 Å². The molecular weight excluding hydrogens is 433 g/mol. The van der Waals surface area contributed by atoms with Crippen molar-refractivity contribution in [2.24, 2.45) is 7.05 Å². The number of pyridine rings is 1. The van der Waals surface area contributed by atoms with Crippen molar-refractivity contribution in [1.82, 2.24) is 24.8 Å². The fourth-order valence-electron chi connectivity index (χ4n) is 2.66. The number of nitrogens with zero attached hydrogens (tertiary/aromatic N) is 3. The number of hydrogen-bond acceptors (Lipinski definition) is 5. The van der Waals surface area contributed by atoms with E-state index in [0.717, 1.165) is 29.6 Å². The Hall–Kier alpha value is -2.82. The van der Waals surface area contributed by atoms with E-state index in [2.05, 4.69) is 20.1 Å². The van der Waals surface area contributed by atoms with Crippen molar-refractivity contribution in [1.29, 1.82) is 0 Å². The number of benzene rings is 1. The molecule has 158 valence electrons. The normalized spacial score (nSPS) is 11.5. The summed E-state index contributed by atoms with van der Waals surface area (Å²) in [4.78, 5) is 16.2. The molecule has 2 aromatic heterocycles. The molecule has 0 aliphatic heterocycles. The highest BCUT2D eigenvalue weighted by molar-refractivity contribution is 7.89. The van der Waals surface area contributed by atoms with Gasteiger partial charge in [0, 0.05) is 19.8 Å². The third-order valence-corrected chi connectivity index (χ3v) is 5.94. The van der Waals surface area contributed by atoms with Crippen molar-refractivity contribution < 1.29 is 17.6 Å². The minimum absolute atomic E-state index is 0.0550. The maximum Gasteiger partial charge on any atom is 0.270 e. The highest BCUT2D eigenvalue weighted by Gasteiger charge is 2.16. The van der Waals surface area contributed by atoms with Crippen LogP contribution < -0.4 is 10.0 Å². The fourth-order valence-corrected chi connectivity index (χ4v) is 3.95. The van der Waals surface area contributed by atoms with Crippen molar-refractivity contribution in [2.45, 2.75) is 24.9 Å². The van der Waals surface area contributed by atoms with E-state index in [0.29, 0.717) is 12.1 Å². The number of carbonyl (C=O) groups is 1. The van der Waals surface area contributed by atoms with E-state index >= 15 is 0 Å². The van der Waals surface area contributed by atoms with Gasteiger partial charge in [-0.15, -0.1) is 0 Å². The Kier molecular flexibility index (Phi) is 6.49. The van der Waals surface area contributed by atoms with Crippen LogP contribution in [0, 0.1) is 12.7 Å². The monoisotopic (exact) mass is 451 g/mol. The van der Waals surface area contributed by atoms with Gasteiger partial charge < -0.3 is 5.32 Å². The molecule has 0 spiro atoms. The lowest BCUT2D eigenvalue weighted by molar-refractivity contribution is 0.0945. The van der Waals surface area contributed by atoms with Gasteiger partial charge in [-0.05, 0) is 42.8 Å². The largest absolute Gasteiger partial charge is 0.345 e. The van der Waals surface area contributed by atoms with Gasteiger partial charge in [0.2, 0.25) is 10.0 Å². The third kappa shape index (κ3) is 5.21. The number of nitrogens with one attached hydrogen (secondary N) is 2. The molecule has 0 fully saturated rings. The topological polar surface area (TPSA) is 106 Å². The first-order valence-corrected chi connectivity index (χ1v) is 10.7. The molecule has 0 bridgehead atoms. The first-order chi connectivity index (χ1) is 14.2. The average Bonchev–Trinajstić information content (AvgIpc) is 3.04. The Morgan fingerprint density at radius 1 is 1.20 bits per heavy atom. The number of amides is 1. The molecule has 3 aromatic rings. The van der Waals surface area contributed by atoms with Crippen LogP contribution in [0.5, 0.6) is 0 Å². The number of hydrogen-bond donors (Lipinski definition) is 2. The van der Waals surface area contributed by atoms with Crippen molar-refractivity contribution in [3.8, 4) is 0 Å². The van der Waals surface area contributed by atoms with Gasteiger partial charge in [-0.25, -0.2) is 17.5 Å². The molecule has 3 rings (SSSR count). The molecule has 1 amide bonds. The number of rotatable bonds is 7. The fraction of sp³-hybridized carbons (Fsp3) is 0.211. The van der Waals surface area contributed by atoms with E-state index in [-0.39, 0.29) is 28.1 Å². The molecule has 0 saturated heterocycles. The highest BCUT2D eigenvalue weighted by atomic mass is 35.5. The minimum Gasteiger partial charge on any atom is -0.345 e. The number of halogens is 2. The lowest BCUT2D eigenvalue weighted by Crippen LogP contribution is -2.25. The van der Waals surface area contributed by atoms with Crippen LogP contribution in [0.1, 0.15) is 27.4 Å². The lowest BCUT2D eigenvalue weighted by atomic mass is 10.2. The Labute approximate surface area is 178 Å². The molecule has 2 N–H and O–H groups in total.